The van der Waals surface area contributed by atoms with E-state index in [-0.39, 0.29) is 23.8 Å². The van der Waals surface area contributed by atoms with Gasteiger partial charge in [0.15, 0.2) is 0 Å². The van der Waals surface area contributed by atoms with Gasteiger partial charge in [-0.05, 0) is 24.3 Å². The maximum atomic E-state index is 12.3. The van der Waals surface area contributed by atoms with Crippen LogP contribution in [0.2, 0.25) is 0 Å². The quantitative estimate of drug-likeness (QED) is 0.919. The fraction of sp³-hybridized carbons (Fsp3) is 0.588. The molecule has 2 aliphatic rings. The van der Waals surface area contributed by atoms with Crippen molar-refractivity contribution in [1.82, 2.24) is 4.90 Å². The molecule has 120 valence electrons. The predicted molar refractivity (Wildman–Crippen MR) is 88.2 cm³/mol. The lowest BCUT2D eigenvalue weighted by molar-refractivity contribution is -0.130. The van der Waals surface area contributed by atoms with Gasteiger partial charge in [0.05, 0.1) is 13.2 Å². The van der Waals surface area contributed by atoms with Gasteiger partial charge in [-0.1, -0.05) is 18.2 Å². The highest BCUT2D eigenvalue weighted by Crippen LogP contribution is 2.43. The molecule has 0 radical (unpaired) electrons. The molecule has 2 aliphatic heterocycles. The van der Waals surface area contributed by atoms with Crippen molar-refractivity contribution in [3.8, 4) is 5.75 Å². The van der Waals surface area contributed by atoms with Crippen molar-refractivity contribution in [1.29, 1.82) is 0 Å². The van der Waals surface area contributed by atoms with E-state index in [9.17, 15) is 9.90 Å². The number of para-hydroxylation sites is 1. The van der Waals surface area contributed by atoms with Gasteiger partial charge in [0, 0.05) is 36.6 Å². The number of rotatable bonds is 4. The topological polar surface area (TPSA) is 49.8 Å². The van der Waals surface area contributed by atoms with Gasteiger partial charge >= 0.3 is 0 Å². The Hall–Kier alpha value is -1.20. The van der Waals surface area contributed by atoms with Crippen LogP contribution < -0.4 is 4.74 Å². The van der Waals surface area contributed by atoms with Gasteiger partial charge in [-0.2, -0.15) is 11.8 Å². The molecule has 2 atom stereocenters. The number of hydrogen-bond acceptors (Lipinski definition) is 4. The molecule has 2 heterocycles. The summed E-state index contributed by atoms with van der Waals surface area (Å²) in [6, 6.07) is 8.03. The summed E-state index contributed by atoms with van der Waals surface area (Å²) in [7, 11) is 0. The molecule has 1 amide bonds. The number of nitrogens with zero attached hydrogens (tertiary/aromatic N) is 1. The Bertz CT molecular complexity index is 550. The number of carbonyl (C=O) groups is 1. The van der Waals surface area contributed by atoms with E-state index in [0.29, 0.717) is 26.1 Å². The number of likely N-dealkylation sites (tertiary alicyclic amines) is 1. The molecule has 0 aromatic heterocycles. The average Bonchev–Trinajstić information content (AvgIpc) is 2.83. The largest absolute Gasteiger partial charge is 0.493 e. The van der Waals surface area contributed by atoms with E-state index in [0.717, 1.165) is 23.5 Å². The molecule has 1 aromatic rings. The molecular weight excluding hydrogens is 298 g/mol. The highest BCUT2D eigenvalue weighted by atomic mass is 32.2. The van der Waals surface area contributed by atoms with Crippen molar-refractivity contribution in [3.63, 3.8) is 0 Å². The molecule has 4 nitrogen and oxygen atoms in total. The van der Waals surface area contributed by atoms with Gasteiger partial charge in [-0.3, -0.25) is 4.79 Å². The number of benzene rings is 1. The molecule has 5 heteroatoms. The number of fused-ring (bicyclic) bond motifs is 2. The van der Waals surface area contributed by atoms with E-state index >= 15 is 0 Å². The van der Waals surface area contributed by atoms with Crippen LogP contribution in [0.5, 0.6) is 5.75 Å². The summed E-state index contributed by atoms with van der Waals surface area (Å²) < 4.78 is 5.95. The van der Waals surface area contributed by atoms with Gasteiger partial charge in [0.1, 0.15) is 5.75 Å². The van der Waals surface area contributed by atoms with Crippen LogP contribution in [-0.4, -0.2) is 54.2 Å². The minimum Gasteiger partial charge on any atom is -0.493 e. The predicted octanol–water partition coefficient (Wildman–Crippen LogP) is 1.81. The van der Waals surface area contributed by atoms with Crippen LogP contribution in [0.25, 0.3) is 0 Å². The van der Waals surface area contributed by atoms with E-state index < -0.39 is 0 Å². The number of hydrogen-bond donors (Lipinski definition) is 1. The number of amides is 1. The highest BCUT2D eigenvalue weighted by Gasteiger charge is 2.49. The van der Waals surface area contributed by atoms with Crippen LogP contribution in [-0.2, 0) is 11.2 Å². The fourth-order valence-corrected chi connectivity index (χ4v) is 3.97. The Balaban J connectivity index is 1.80. The molecule has 0 aliphatic carbocycles. The first kappa shape index (κ1) is 15.7. The second-order valence-corrected chi connectivity index (χ2v) is 7.32. The zero-order valence-corrected chi connectivity index (χ0v) is 13.8. The Kier molecular flexibility index (Phi) is 4.64. The first-order valence-electron chi connectivity index (χ1n) is 7.77. The lowest BCUT2D eigenvalue weighted by Gasteiger charge is -2.30. The lowest BCUT2D eigenvalue weighted by atomic mass is 9.75. The summed E-state index contributed by atoms with van der Waals surface area (Å²) in [5.74, 6) is 2.17. The molecule has 1 saturated heterocycles. The SMILES string of the molecule is CSCCC(=O)N1C[C@@H]2COc3ccccc3C[C@]2(CO)C1. The van der Waals surface area contributed by atoms with Gasteiger partial charge in [-0.25, -0.2) is 0 Å². The smallest absolute Gasteiger partial charge is 0.223 e. The van der Waals surface area contributed by atoms with Crippen molar-refractivity contribution in [2.75, 3.05) is 38.3 Å². The Morgan fingerprint density at radius 1 is 1.50 bits per heavy atom. The van der Waals surface area contributed by atoms with E-state index in [1.807, 2.05) is 29.4 Å². The van der Waals surface area contributed by atoms with E-state index in [1.165, 1.54) is 0 Å². The fourth-order valence-electron chi connectivity index (χ4n) is 3.60. The standard InChI is InChI=1S/C17H23NO3S/c1-22-7-6-16(20)18-9-14-10-21-15-5-3-2-4-13(15)8-17(14,11-18)12-19/h2-5,14,19H,6-12H2,1H3/t14-,17-/m1/s1. The van der Waals surface area contributed by atoms with Crippen LogP contribution in [0, 0.1) is 11.3 Å². The van der Waals surface area contributed by atoms with Crippen LogP contribution in [0.3, 0.4) is 0 Å². The van der Waals surface area contributed by atoms with Gasteiger partial charge in [0.2, 0.25) is 5.91 Å². The molecule has 0 unspecified atom stereocenters. The summed E-state index contributed by atoms with van der Waals surface area (Å²) in [5, 5.41) is 10.1. The maximum Gasteiger partial charge on any atom is 0.223 e. The Morgan fingerprint density at radius 2 is 2.32 bits per heavy atom. The van der Waals surface area contributed by atoms with E-state index in [2.05, 4.69) is 6.07 Å². The summed E-state index contributed by atoms with van der Waals surface area (Å²) in [6.07, 6.45) is 3.37. The van der Waals surface area contributed by atoms with Crippen molar-refractivity contribution in [3.05, 3.63) is 29.8 Å². The zero-order chi connectivity index (χ0) is 15.6. The third kappa shape index (κ3) is 2.84. The third-order valence-electron chi connectivity index (χ3n) is 4.96. The van der Waals surface area contributed by atoms with Crippen molar-refractivity contribution in [2.45, 2.75) is 12.8 Å². The van der Waals surface area contributed by atoms with Crippen molar-refractivity contribution < 1.29 is 14.6 Å². The number of ether oxygens (including phenoxy) is 1. The Morgan fingerprint density at radius 3 is 3.09 bits per heavy atom. The van der Waals surface area contributed by atoms with Crippen LogP contribution in [0.1, 0.15) is 12.0 Å². The summed E-state index contributed by atoms with van der Waals surface area (Å²) >= 11 is 1.69. The van der Waals surface area contributed by atoms with Crippen LogP contribution in [0.15, 0.2) is 24.3 Å². The number of aliphatic hydroxyl groups excluding tert-OH is 1. The molecule has 3 rings (SSSR count). The van der Waals surface area contributed by atoms with Gasteiger partial charge in [-0.15, -0.1) is 0 Å². The molecule has 0 saturated carbocycles. The number of thioether (sulfide) groups is 1. The molecule has 1 aromatic carbocycles. The van der Waals surface area contributed by atoms with Crippen LogP contribution in [0.4, 0.5) is 0 Å². The molecule has 1 N–H and O–H groups in total. The first-order chi connectivity index (χ1) is 10.7. The number of carbonyl (C=O) groups excluding carboxylic acids is 1. The van der Waals surface area contributed by atoms with Gasteiger partial charge in [0.25, 0.3) is 0 Å². The molecule has 0 spiro atoms. The second kappa shape index (κ2) is 6.50. The monoisotopic (exact) mass is 321 g/mol. The molecule has 22 heavy (non-hydrogen) atoms. The number of aliphatic hydroxyl groups is 1. The normalized spacial score (nSPS) is 26.8. The van der Waals surface area contributed by atoms with Crippen LogP contribution >= 0.6 is 11.8 Å². The third-order valence-corrected chi connectivity index (χ3v) is 5.57. The first-order valence-corrected chi connectivity index (χ1v) is 9.16. The minimum absolute atomic E-state index is 0.0989. The van der Waals surface area contributed by atoms with Gasteiger partial charge < -0.3 is 14.7 Å². The minimum atomic E-state index is -0.262. The average molecular weight is 321 g/mol. The summed E-state index contributed by atoms with van der Waals surface area (Å²) in [6.45, 7) is 2.01. The van der Waals surface area contributed by atoms with Crippen molar-refractivity contribution in [2.24, 2.45) is 11.3 Å². The Labute approximate surface area is 135 Å². The zero-order valence-electron chi connectivity index (χ0n) is 13.0. The van der Waals surface area contributed by atoms with E-state index in [4.69, 9.17) is 4.74 Å². The lowest BCUT2D eigenvalue weighted by Crippen LogP contribution is -2.38. The summed E-state index contributed by atoms with van der Waals surface area (Å²) in [5.41, 5.74) is 0.874. The molecule has 1 fully saturated rings. The van der Waals surface area contributed by atoms with Crippen molar-refractivity contribution >= 4 is 17.7 Å². The second-order valence-electron chi connectivity index (χ2n) is 6.33. The molecule has 0 bridgehead atoms. The molecular formula is C17H23NO3S. The van der Waals surface area contributed by atoms with E-state index in [1.54, 1.807) is 11.8 Å². The summed E-state index contributed by atoms with van der Waals surface area (Å²) in [4.78, 5) is 14.3. The maximum absolute atomic E-state index is 12.3. The highest BCUT2D eigenvalue weighted by molar-refractivity contribution is 7.98.